The van der Waals surface area contributed by atoms with Crippen molar-refractivity contribution in [2.45, 2.75) is 12.8 Å². The zero-order valence-corrected chi connectivity index (χ0v) is 15.7. The van der Waals surface area contributed by atoms with E-state index in [4.69, 9.17) is 9.97 Å². The van der Waals surface area contributed by atoms with E-state index < -0.39 is 0 Å². The van der Waals surface area contributed by atoms with Crippen LogP contribution in [0.3, 0.4) is 0 Å². The first-order chi connectivity index (χ1) is 13.7. The number of amides is 1. The van der Waals surface area contributed by atoms with Crippen LogP contribution in [0, 0.1) is 0 Å². The molecule has 6 nitrogen and oxygen atoms in total. The molecule has 0 saturated carbocycles. The molecule has 4 aromatic rings. The lowest BCUT2D eigenvalue weighted by molar-refractivity contribution is -0.118. The van der Waals surface area contributed by atoms with Crippen molar-refractivity contribution in [1.29, 1.82) is 0 Å². The summed E-state index contributed by atoms with van der Waals surface area (Å²) in [6.07, 6.45) is 3.15. The molecule has 3 heterocycles. The number of carbonyl (C=O) groups excluding carboxylic acids is 1. The molecule has 1 N–H and O–H groups in total. The van der Waals surface area contributed by atoms with Crippen molar-refractivity contribution in [2.24, 2.45) is 0 Å². The molecule has 0 spiro atoms. The van der Waals surface area contributed by atoms with E-state index >= 15 is 0 Å². The molecule has 0 radical (unpaired) electrons. The molecule has 0 bridgehead atoms. The Labute approximate surface area is 162 Å². The van der Waals surface area contributed by atoms with E-state index in [1.54, 1.807) is 4.90 Å². The van der Waals surface area contributed by atoms with Crippen LogP contribution in [0.4, 0.5) is 11.6 Å². The first kappa shape index (κ1) is 16.7. The van der Waals surface area contributed by atoms with Crippen LogP contribution in [0.1, 0.15) is 12.0 Å². The number of rotatable bonds is 3. The number of hydrogen-bond acceptors (Lipinski definition) is 4. The smallest absolute Gasteiger partial charge is 0.228 e. The number of aryl methyl sites for hydroxylation is 1. The molecule has 28 heavy (non-hydrogen) atoms. The highest BCUT2D eigenvalue weighted by atomic mass is 16.2. The highest BCUT2D eigenvalue weighted by Crippen LogP contribution is 2.31. The van der Waals surface area contributed by atoms with Gasteiger partial charge in [0.25, 0.3) is 0 Å². The van der Waals surface area contributed by atoms with Gasteiger partial charge in [-0.15, -0.1) is 0 Å². The predicted octanol–water partition coefficient (Wildman–Crippen LogP) is 3.53. The topological polar surface area (TPSA) is 65.1 Å². The number of hydrogen-bond donors (Lipinski definition) is 1. The van der Waals surface area contributed by atoms with Crippen molar-refractivity contribution < 1.29 is 4.79 Å². The van der Waals surface area contributed by atoms with Crippen LogP contribution in [-0.2, 0) is 11.2 Å². The Morgan fingerprint density at radius 1 is 1.00 bits per heavy atom. The van der Waals surface area contributed by atoms with Gasteiger partial charge in [-0.05, 0) is 30.2 Å². The predicted molar refractivity (Wildman–Crippen MR) is 112 cm³/mol. The Kier molecular flexibility index (Phi) is 3.97. The van der Waals surface area contributed by atoms with Crippen molar-refractivity contribution in [3.8, 4) is 0 Å². The quantitative estimate of drug-likeness (QED) is 0.598. The van der Waals surface area contributed by atoms with Gasteiger partial charge in [0.1, 0.15) is 0 Å². The van der Waals surface area contributed by atoms with E-state index in [9.17, 15) is 4.79 Å². The minimum absolute atomic E-state index is 0.0872. The fourth-order valence-electron chi connectivity index (χ4n) is 3.84. The third-order valence-corrected chi connectivity index (χ3v) is 5.39. The Hall–Kier alpha value is -3.41. The van der Waals surface area contributed by atoms with Crippen LogP contribution >= 0.6 is 0 Å². The van der Waals surface area contributed by atoms with E-state index in [1.165, 1.54) is 10.9 Å². The summed E-state index contributed by atoms with van der Waals surface area (Å²) in [6, 6.07) is 16.0. The molecule has 0 atom stereocenters. The monoisotopic (exact) mass is 371 g/mol. The number of para-hydroxylation sites is 3. The average Bonchev–Trinajstić information content (AvgIpc) is 3.14. The Morgan fingerprint density at radius 3 is 2.54 bits per heavy atom. The van der Waals surface area contributed by atoms with Gasteiger partial charge in [-0.2, -0.15) is 0 Å². The van der Waals surface area contributed by atoms with Gasteiger partial charge in [0.2, 0.25) is 5.91 Å². The second-order valence-corrected chi connectivity index (χ2v) is 7.19. The average molecular weight is 371 g/mol. The molecule has 0 aliphatic carbocycles. The number of anilines is 2. The first-order valence-corrected chi connectivity index (χ1v) is 9.54. The molecule has 1 aliphatic heterocycles. The number of nitrogens with one attached hydrogen (secondary N) is 1. The SMILES string of the molecule is CN1CCN(C(=O)CCc2c[nH]c3ccccc23)c2nc3ccccc3nc21. The summed E-state index contributed by atoms with van der Waals surface area (Å²) in [5.74, 6) is 1.52. The molecule has 0 fully saturated rings. The second kappa shape index (κ2) is 6.64. The molecule has 2 aromatic carbocycles. The summed E-state index contributed by atoms with van der Waals surface area (Å²) in [6.45, 7) is 1.38. The number of aromatic amines is 1. The number of likely N-dealkylation sites (N-methyl/N-ethyl adjacent to an activating group) is 1. The third kappa shape index (κ3) is 2.78. The van der Waals surface area contributed by atoms with Crippen molar-refractivity contribution in [2.75, 3.05) is 29.9 Å². The van der Waals surface area contributed by atoms with Crippen molar-refractivity contribution >= 4 is 39.5 Å². The number of H-pyrrole nitrogens is 1. The van der Waals surface area contributed by atoms with E-state index in [0.717, 1.165) is 28.9 Å². The lowest BCUT2D eigenvalue weighted by Gasteiger charge is -2.33. The normalized spacial score (nSPS) is 13.9. The lowest BCUT2D eigenvalue weighted by Crippen LogP contribution is -2.43. The standard InChI is InChI=1S/C22H21N5O/c1-26-12-13-27(22-21(26)24-18-8-4-5-9-19(18)25-22)20(28)11-10-15-14-23-17-7-3-2-6-16(15)17/h2-9,14,23H,10-13H2,1H3. The molecule has 1 amide bonds. The molecule has 0 unspecified atom stereocenters. The van der Waals surface area contributed by atoms with Crippen LogP contribution in [0.5, 0.6) is 0 Å². The summed E-state index contributed by atoms with van der Waals surface area (Å²) >= 11 is 0. The van der Waals surface area contributed by atoms with E-state index in [1.807, 2.05) is 49.6 Å². The summed E-state index contributed by atoms with van der Waals surface area (Å²) in [4.78, 5) is 29.7. The Morgan fingerprint density at radius 2 is 1.71 bits per heavy atom. The van der Waals surface area contributed by atoms with Gasteiger partial charge in [0.15, 0.2) is 11.6 Å². The largest absolute Gasteiger partial charge is 0.361 e. The summed E-state index contributed by atoms with van der Waals surface area (Å²) < 4.78 is 0. The molecular weight excluding hydrogens is 350 g/mol. The summed E-state index contributed by atoms with van der Waals surface area (Å²) in [7, 11) is 2.00. The number of nitrogens with zero attached hydrogens (tertiary/aromatic N) is 4. The zero-order valence-electron chi connectivity index (χ0n) is 15.7. The maximum atomic E-state index is 13.1. The third-order valence-electron chi connectivity index (χ3n) is 5.39. The molecule has 6 heteroatoms. The number of carbonyl (C=O) groups is 1. The van der Waals surface area contributed by atoms with Crippen molar-refractivity contribution in [3.05, 3.63) is 60.3 Å². The summed E-state index contributed by atoms with van der Waals surface area (Å²) in [5, 5.41) is 1.18. The van der Waals surface area contributed by atoms with E-state index in [0.29, 0.717) is 25.2 Å². The zero-order chi connectivity index (χ0) is 19.1. The van der Waals surface area contributed by atoms with Gasteiger partial charge in [-0.1, -0.05) is 30.3 Å². The fraction of sp³-hybridized carbons (Fsp3) is 0.227. The number of fused-ring (bicyclic) bond motifs is 3. The highest BCUT2D eigenvalue weighted by Gasteiger charge is 2.28. The van der Waals surface area contributed by atoms with Crippen LogP contribution in [-0.4, -0.2) is 41.0 Å². The Balaban J connectivity index is 1.42. The Bertz CT molecular complexity index is 1180. The van der Waals surface area contributed by atoms with Crippen LogP contribution in [0.2, 0.25) is 0 Å². The maximum absolute atomic E-state index is 13.1. The van der Waals surface area contributed by atoms with Gasteiger partial charge in [0, 0.05) is 43.7 Å². The minimum Gasteiger partial charge on any atom is -0.361 e. The van der Waals surface area contributed by atoms with E-state index in [2.05, 4.69) is 22.0 Å². The molecule has 2 aromatic heterocycles. The van der Waals surface area contributed by atoms with Gasteiger partial charge >= 0.3 is 0 Å². The van der Waals surface area contributed by atoms with Gasteiger partial charge in [-0.3, -0.25) is 9.69 Å². The van der Waals surface area contributed by atoms with Crippen LogP contribution in [0.25, 0.3) is 21.9 Å². The molecule has 5 rings (SSSR count). The molecule has 0 saturated heterocycles. The lowest BCUT2D eigenvalue weighted by atomic mass is 10.1. The molecule has 1 aliphatic rings. The van der Waals surface area contributed by atoms with Crippen LogP contribution in [0.15, 0.2) is 54.7 Å². The second-order valence-electron chi connectivity index (χ2n) is 7.19. The minimum atomic E-state index is 0.0872. The van der Waals surface area contributed by atoms with Gasteiger partial charge in [-0.25, -0.2) is 9.97 Å². The molecule has 140 valence electrons. The highest BCUT2D eigenvalue weighted by molar-refractivity contribution is 5.97. The molecular formula is C22H21N5O. The maximum Gasteiger partial charge on any atom is 0.228 e. The first-order valence-electron chi connectivity index (χ1n) is 9.54. The van der Waals surface area contributed by atoms with Gasteiger partial charge < -0.3 is 9.88 Å². The number of benzene rings is 2. The van der Waals surface area contributed by atoms with Crippen LogP contribution < -0.4 is 9.80 Å². The van der Waals surface area contributed by atoms with Crippen molar-refractivity contribution in [3.63, 3.8) is 0 Å². The van der Waals surface area contributed by atoms with E-state index in [-0.39, 0.29) is 5.91 Å². The van der Waals surface area contributed by atoms with Gasteiger partial charge in [0.05, 0.1) is 11.0 Å². The summed E-state index contributed by atoms with van der Waals surface area (Å²) in [5.41, 5.74) is 3.93. The fourth-order valence-corrected chi connectivity index (χ4v) is 3.84. The van der Waals surface area contributed by atoms with Crippen molar-refractivity contribution in [1.82, 2.24) is 15.0 Å². The number of aromatic nitrogens is 3.